The van der Waals surface area contributed by atoms with E-state index in [1.165, 1.54) is 16.3 Å². The van der Waals surface area contributed by atoms with Crippen molar-refractivity contribution in [1.29, 1.82) is 0 Å². The summed E-state index contributed by atoms with van der Waals surface area (Å²) in [7, 11) is 1.97. The summed E-state index contributed by atoms with van der Waals surface area (Å²) in [5, 5.41) is 11.2. The Morgan fingerprint density at radius 1 is 1.44 bits per heavy atom. The first kappa shape index (κ1) is 13.2. The van der Waals surface area contributed by atoms with Crippen LogP contribution in [0.5, 0.6) is 0 Å². The van der Waals surface area contributed by atoms with Crippen molar-refractivity contribution in [1.82, 2.24) is 20.1 Å². The van der Waals surface area contributed by atoms with Crippen LogP contribution in [-0.4, -0.2) is 21.3 Å². The molecule has 18 heavy (non-hydrogen) atoms. The molecule has 0 fully saturated rings. The van der Waals surface area contributed by atoms with Crippen LogP contribution in [0.3, 0.4) is 0 Å². The average Bonchev–Trinajstić information content (AvgIpc) is 2.91. The number of hydrogen-bond donors (Lipinski definition) is 1. The fourth-order valence-electron chi connectivity index (χ4n) is 1.96. The summed E-state index contributed by atoms with van der Waals surface area (Å²) in [6.07, 6.45) is 4.09. The van der Waals surface area contributed by atoms with Gasteiger partial charge in [0.2, 0.25) is 0 Å². The molecule has 2 heterocycles. The molecule has 4 nitrogen and oxygen atoms in total. The van der Waals surface area contributed by atoms with Crippen LogP contribution in [0.1, 0.15) is 28.9 Å². The van der Waals surface area contributed by atoms with Crippen LogP contribution in [0.15, 0.2) is 11.6 Å². The van der Waals surface area contributed by atoms with E-state index in [1.807, 2.05) is 18.7 Å². The van der Waals surface area contributed by atoms with Crippen molar-refractivity contribution < 1.29 is 0 Å². The predicted molar refractivity (Wildman–Crippen MR) is 74.8 cm³/mol. The smallest absolute Gasteiger partial charge is 0.0940 e. The van der Waals surface area contributed by atoms with Crippen molar-refractivity contribution in [2.75, 3.05) is 6.54 Å². The molecule has 0 amide bonds. The van der Waals surface area contributed by atoms with Crippen molar-refractivity contribution in [2.24, 2.45) is 7.05 Å². The number of aromatic nitrogens is 3. The maximum Gasteiger partial charge on any atom is 0.0940 e. The summed E-state index contributed by atoms with van der Waals surface area (Å²) in [5.74, 6) is 0. The molecule has 0 aliphatic carbocycles. The van der Waals surface area contributed by atoms with Gasteiger partial charge in [0.15, 0.2) is 0 Å². The van der Waals surface area contributed by atoms with Gasteiger partial charge in [-0.1, -0.05) is 6.92 Å². The molecule has 98 valence electrons. The molecule has 2 rings (SSSR count). The lowest BCUT2D eigenvalue weighted by molar-refractivity contribution is 0.680. The Balaban J connectivity index is 1.78. The molecule has 0 radical (unpaired) electrons. The number of hydrogen-bond acceptors (Lipinski definition) is 4. The Morgan fingerprint density at radius 2 is 2.28 bits per heavy atom. The lowest BCUT2D eigenvalue weighted by Crippen LogP contribution is -2.17. The second-order valence-corrected chi connectivity index (χ2v) is 5.38. The molecule has 0 aliphatic heterocycles. The van der Waals surface area contributed by atoms with Gasteiger partial charge >= 0.3 is 0 Å². The van der Waals surface area contributed by atoms with Gasteiger partial charge in [0, 0.05) is 49.4 Å². The van der Waals surface area contributed by atoms with Crippen LogP contribution in [0.25, 0.3) is 0 Å². The van der Waals surface area contributed by atoms with E-state index in [-0.39, 0.29) is 0 Å². The molecule has 0 saturated heterocycles. The summed E-state index contributed by atoms with van der Waals surface area (Å²) in [6.45, 7) is 6.03. The largest absolute Gasteiger partial charge is 0.312 e. The molecule has 1 N–H and O–H groups in total. The standard InChI is InChI=1S/C13H20N4S/c1-4-12-11(8-17(3)16-12)7-14-6-5-13-15-10(2)9-18-13/h8-9,14H,4-7H2,1-3H3. The average molecular weight is 264 g/mol. The minimum absolute atomic E-state index is 0.890. The molecule has 0 spiro atoms. The molecular formula is C13H20N4S. The fraction of sp³-hybridized carbons (Fsp3) is 0.538. The summed E-state index contributed by atoms with van der Waals surface area (Å²) in [5.41, 5.74) is 3.61. The van der Waals surface area contributed by atoms with Crippen LogP contribution >= 0.6 is 11.3 Å². The quantitative estimate of drug-likeness (QED) is 0.812. The number of thiazole rings is 1. The minimum atomic E-state index is 0.890. The molecular weight excluding hydrogens is 244 g/mol. The molecule has 2 aromatic heterocycles. The molecule has 0 bridgehead atoms. The van der Waals surface area contributed by atoms with Gasteiger partial charge in [-0.25, -0.2) is 4.98 Å². The number of nitrogens with one attached hydrogen (secondary N) is 1. The van der Waals surface area contributed by atoms with Gasteiger partial charge in [-0.15, -0.1) is 11.3 Å². The van der Waals surface area contributed by atoms with Gasteiger partial charge in [0.1, 0.15) is 0 Å². The Labute approximate surface area is 112 Å². The lowest BCUT2D eigenvalue weighted by atomic mass is 10.2. The van der Waals surface area contributed by atoms with Crippen LogP contribution in [0.2, 0.25) is 0 Å². The Hall–Kier alpha value is -1.20. The lowest BCUT2D eigenvalue weighted by Gasteiger charge is -2.02. The second-order valence-electron chi connectivity index (χ2n) is 4.44. The monoisotopic (exact) mass is 264 g/mol. The van der Waals surface area contributed by atoms with Crippen molar-refractivity contribution in [2.45, 2.75) is 33.2 Å². The third-order valence-electron chi connectivity index (χ3n) is 2.82. The number of rotatable bonds is 6. The Kier molecular flexibility index (Phi) is 4.49. The molecule has 5 heteroatoms. The predicted octanol–water partition coefficient (Wildman–Crippen LogP) is 2.08. The normalized spacial score (nSPS) is 11.1. The van der Waals surface area contributed by atoms with Gasteiger partial charge in [-0.05, 0) is 13.3 Å². The zero-order chi connectivity index (χ0) is 13.0. The van der Waals surface area contributed by atoms with Crippen LogP contribution in [-0.2, 0) is 26.4 Å². The highest BCUT2D eigenvalue weighted by atomic mass is 32.1. The van der Waals surface area contributed by atoms with Crippen LogP contribution in [0, 0.1) is 6.92 Å². The topological polar surface area (TPSA) is 42.7 Å². The minimum Gasteiger partial charge on any atom is -0.312 e. The van der Waals surface area contributed by atoms with Crippen molar-refractivity contribution in [3.05, 3.63) is 33.5 Å². The van der Waals surface area contributed by atoms with E-state index in [4.69, 9.17) is 0 Å². The first-order valence-corrected chi connectivity index (χ1v) is 7.20. The second kappa shape index (κ2) is 6.11. The Morgan fingerprint density at radius 3 is 2.94 bits per heavy atom. The first-order chi connectivity index (χ1) is 8.69. The van der Waals surface area contributed by atoms with Gasteiger partial charge < -0.3 is 5.32 Å². The van der Waals surface area contributed by atoms with Crippen LogP contribution < -0.4 is 5.32 Å². The maximum absolute atomic E-state index is 4.46. The molecule has 2 aromatic rings. The Bertz CT molecular complexity index is 501. The summed E-state index contributed by atoms with van der Waals surface area (Å²) >= 11 is 1.74. The molecule has 0 atom stereocenters. The number of aryl methyl sites for hydroxylation is 3. The van der Waals surface area contributed by atoms with Crippen molar-refractivity contribution in [3.63, 3.8) is 0 Å². The van der Waals surface area contributed by atoms with Gasteiger partial charge in [0.25, 0.3) is 0 Å². The van der Waals surface area contributed by atoms with Crippen molar-refractivity contribution in [3.8, 4) is 0 Å². The maximum atomic E-state index is 4.46. The summed E-state index contributed by atoms with van der Waals surface area (Å²) in [6, 6.07) is 0. The van der Waals surface area contributed by atoms with E-state index in [2.05, 4.69) is 33.9 Å². The van der Waals surface area contributed by atoms with Gasteiger partial charge in [-0.2, -0.15) is 5.10 Å². The summed E-state index contributed by atoms with van der Waals surface area (Å²) in [4.78, 5) is 4.46. The molecule has 0 aromatic carbocycles. The zero-order valence-electron chi connectivity index (χ0n) is 11.2. The molecule has 0 unspecified atom stereocenters. The van der Waals surface area contributed by atoms with E-state index < -0.39 is 0 Å². The van der Waals surface area contributed by atoms with E-state index in [0.29, 0.717) is 0 Å². The fourth-order valence-corrected chi connectivity index (χ4v) is 2.74. The van der Waals surface area contributed by atoms with E-state index >= 15 is 0 Å². The van der Waals surface area contributed by atoms with Crippen LogP contribution in [0.4, 0.5) is 0 Å². The zero-order valence-corrected chi connectivity index (χ0v) is 12.0. The SMILES string of the molecule is CCc1nn(C)cc1CNCCc1nc(C)cs1. The van der Waals surface area contributed by atoms with Gasteiger partial charge in [-0.3, -0.25) is 4.68 Å². The highest BCUT2D eigenvalue weighted by Gasteiger charge is 2.05. The van der Waals surface area contributed by atoms with E-state index in [9.17, 15) is 0 Å². The molecule has 0 aliphatic rings. The molecule has 0 saturated carbocycles. The highest BCUT2D eigenvalue weighted by molar-refractivity contribution is 7.09. The first-order valence-electron chi connectivity index (χ1n) is 6.32. The number of nitrogens with zero attached hydrogens (tertiary/aromatic N) is 3. The van der Waals surface area contributed by atoms with E-state index in [1.54, 1.807) is 11.3 Å². The van der Waals surface area contributed by atoms with Crippen molar-refractivity contribution >= 4 is 11.3 Å². The third-order valence-corrected chi connectivity index (χ3v) is 3.85. The summed E-state index contributed by atoms with van der Waals surface area (Å²) < 4.78 is 1.89. The third kappa shape index (κ3) is 3.40. The highest BCUT2D eigenvalue weighted by Crippen LogP contribution is 2.09. The van der Waals surface area contributed by atoms with E-state index in [0.717, 1.165) is 31.6 Å². The van der Waals surface area contributed by atoms with Gasteiger partial charge in [0.05, 0.1) is 10.7 Å².